The first-order valence-corrected chi connectivity index (χ1v) is 7.91. The van der Waals surface area contributed by atoms with Gasteiger partial charge < -0.3 is 20.6 Å². The number of aliphatic hydroxyl groups excluding tert-OH is 1. The Kier molecular flexibility index (Phi) is 5.27. The second-order valence-corrected chi connectivity index (χ2v) is 6.64. The summed E-state index contributed by atoms with van der Waals surface area (Å²) < 4.78 is 0. The Morgan fingerprint density at radius 1 is 1.30 bits per heavy atom. The third-order valence-electron chi connectivity index (χ3n) is 5.18. The van der Waals surface area contributed by atoms with Crippen LogP contribution in [0.5, 0.6) is 0 Å². The summed E-state index contributed by atoms with van der Waals surface area (Å²) in [5.74, 6) is 0.0811. The van der Waals surface area contributed by atoms with Gasteiger partial charge in [0.1, 0.15) is 0 Å². The van der Waals surface area contributed by atoms with E-state index in [0.29, 0.717) is 12.1 Å². The number of piperidine rings is 2. The number of hydrogen-bond acceptors (Lipinski definition) is 3. The number of fused-ring (bicyclic) bond motifs is 2. The fourth-order valence-corrected chi connectivity index (χ4v) is 3.47. The average Bonchev–Trinajstić information content (AvgIpc) is 2.38. The fourth-order valence-electron chi connectivity index (χ4n) is 3.47. The molecule has 2 amide bonds. The molecule has 0 aromatic rings. The third kappa shape index (κ3) is 3.64. The molecule has 5 heteroatoms. The van der Waals surface area contributed by atoms with Crippen molar-refractivity contribution in [3.05, 3.63) is 0 Å². The largest absolute Gasteiger partial charge is 0.396 e. The van der Waals surface area contributed by atoms with Crippen molar-refractivity contribution in [2.45, 2.75) is 70.1 Å². The van der Waals surface area contributed by atoms with Gasteiger partial charge in [0.25, 0.3) is 0 Å². The van der Waals surface area contributed by atoms with E-state index >= 15 is 0 Å². The topological polar surface area (TPSA) is 64.6 Å². The molecular weight excluding hydrogens is 254 g/mol. The van der Waals surface area contributed by atoms with Crippen molar-refractivity contribution in [1.29, 1.82) is 0 Å². The van der Waals surface area contributed by atoms with Crippen molar-refractivity contribution >= 4 is 6.03 Å². The van der Waals surface area contributed by atoms with E-state index in [1.54, 1.807) is 0 Å². The second kappa shape index (κ2) is 6.76. The van der Waals surface area contributed by atoms with Gasteiger partial charge in [-0.25, -0.2) is 4.79 Å². The number of rotatable bonds is 4. The van der Waals surface area contributed by atoms with Gasteiger partial charge in [-0.2, -0.15) is 0 Å². The van der Waals surface area contributed by atoms with Crippen LogP contribution in [0.4, 0.5) is 4.79 Å². The average molecular weight is 283 g/mol. The Labute approximate surface area is 122 Å². The fraction of sp³-hybridized carbons (Fsp3) is 0.933. The van der Waals surface area contributed by atoms with Gasteiger partial charge in [-0.05, 0) is 45.6 Å². The van der Waals surface area contributed by atoms with Crippen LogP contribution in [-0.2, 0) is 0 Å². The highest BCUT2D eigenvalue weighted by Crippen LogP contribution is 2.32. The lowest BCUT2D eigenvalue weighted by molar-refractivity contribution is 0.0507. The number of urea groups is 1. The molecule has 2 aliphatic rings. The zero-order valence-corrected chi connectivity index (χ0v) is 12.9. The van der Waals surface area contributed by atoms with E-state index < -0.39 is 0 Å². The maximum Gasteiger partial charge on any atom is 0.315 e. The van der Waals surface area contributed by atoms with Crippen molar-refractivity contribution in [2.75, 3.05) is 13.7 Å². The molecule has 2 aliphatic heterocycles. The summed E-state index contributed by atoms with van der Waals surface area (Å²) in [4.78, 5) is 14.5. The molecule has 5 nitrogen and oxygen atoms in total. The third-order valence-corrected chi connectivity index (χ3v) is 5.18. The normalized spacial score (nSPS) is 33.3. The maximum absolute atomic E-state index is 12.0. The van der Waals surface area contributed by atoms with Crippen molar-refractivity contribution in [1.82, 2.24) is 15.5 Å². The summed E-state index contributed by atoms with van der Waals surface area (Å²) in [6.45, 7) is 3.97. The van der Waals surface area contributed by atoms with E-state index in [1.165, 1.54) is 19.3 Å². The zero-order chi connectivity index (χ0) is 14.7. The number of aliphatic hydroxyl groups is 1. The van der Waals surface area contributed by atoms with Crippen LogP contribution in [0, 0.1) is 5.92 Å². The van der Waals surface area contributed by atoms with Crippen LogP contribution < -0.4 is 10.6 Å². The summed E-state index contributed by atoms with van der Waals surface area (Å²) in [5.41, 5.74) is 0. The van der Waals surface area contributed by atoms with E-state index in [1.807, 2.05) is 13.8 Å². The molecule has 0 saturated carbocycles. The predicted molar refractivity (Wildman–Crippen MR) is 79.6 cm³/mol. The Hall–Kier alpha value is -0.810. The van der Waals surface area contributed by atoms with Crippen molar-refractivity contribution in [3.8, 4) is 0 Å². The van der Waals surface area contributed by atoms with Gasteiger partial charge in [0.05, 0.1) is 0 Å². The number of hydrogen-bond donors (Lipinski definition) is 3. The van der Waals surface area contributed by atoms with Crippen LogP contribution in [0.15, 0.2) is 0 Å². The Morgan fingerprint density at radius 3 is 2.45 bits per heavy atom. The summed E-state index contributed by atoms with van der Waals surface area (Å²) >= 11 is 0. The zero-order valence-electron chi connectivity index (χ0n) is 12.9. The van der Waals surface area contributed by atoms with Crippen LogP contribution in [0.3, 0.4) is 0 Å². The van der Waals surface area contributed by atoms with Crippen LogP contribution in [0.2, 0.25) is 0 Å². The number of nitrogens with one attached hydrogen (secondary N) is 2. The molecule has 116 valence electrons. The van der Waals surface area contributed by atoms with E-state index in [-0.39, 0.29) is 30.6 Å². The lowest BCUT2D eigenvalue weighted by Crippen LogP contribution is -2.57. The molecule has 4 atom stereocenters. The van der Waals surface area contributed by atoms with Crippen molar-refractivity contribution in [2.24, 2.45) is 5.92 Å². The first-order valence-electron chi connectivity index (χ1n) is 7.91. The van der Waals surface area contributed by atoms with Crippen LogP contribution in [-0.4, -0.2) is 53.9 Å². The predicted octanol–water partition coefficient (Wildman–Crippen LogP) is 1.32. The summed E-state index contributed by atoms with van der Waals surface area (Å²) in [5, 5.41) is 15.2. The molecule has 2 heterocycles. The molecule has 3 N–H and O–H groups in total. The molecule has 0 spiro atoms. The number of carbonyl (C=O) groups excluding carboxylic acids is 1. The van der Waals surface area contributed by atoms with Crippen LogP contribution in [0.1, 0.15) is 46.0 Å². The SMILES string of the molecule is CC(CO)C(C)NC(=O)NC1CC2CCCC(C1)N2C. The van der Waals surface area contributed by atoms with E-state index in [2.05, 4.69) is 22.6 Å². The summed E-state index contributed by atoms with van der Waals surface area (Å²) in [6.07, 6.45) is 5.95. The Balaban J connectivity index is 1.80. The molecule has 0 radical (unpaired) electrons. The van der Waals surface area contributed by atoms with Crippen LogP contribution in [0.25, 0.3) is 0 Å². The molecule has 0 aromatic heterocycles. The smallest absolute Gasteiger partial charge is 0.315 e. The van der Waals surface area contributed by atoms with Crippen molar-refractivity contribution < 1.29 is 9.90 Å². The van der Waals surface area contributed by atoms with Gasteiger partial charge in [-0.15, -0.1) is 0 Å². The minimum Gasteiger partial charge on any atom is -0.396 e. The summed E-state index contributed by atoms with van der Waals surface area (Å²) in [6, 6.07) is 1.44. The van der Waals surface area contributed by atoms with Crippen LogP contribution >= 0.6 is 0 Å². The molecule has 4 unspecified atom stereocenters. The molecule has 20 heavy (non-hydrogen) atoms. The molecule has 0 aliphatic carbocycles. The highest BCUT2D eigenvalue weighted by molar-refractivity contribution is 5.74. The lowest BCUT2D eigenvalue weighted by atomic mass is 9.82. The molecule has 0 aromatic carbocycles. The first-order chi connectivity index (χ1) is 9.51. The summed E-state index contributed by atoms with van der Waals surface area (Å²) in [7, 11) is 2.22. The van der Waals surface area contributed by atoms with Crippen molar-refractivity contribution in [3.63, 3.8) is 0 Å². The van der Waals surface area contributed by atoms with Gasteiger partial charge in [0, 0.05) is 30.8 Å². The Morgan fingerprint density at radius 2 is 1.90 bits per heavy atom. The van der Waals surface area contributed by atoms with Gasteiger partial charge in [0.15, 0.2) is 0 Å². The quantitative estimate of drug-likeness (QED) is 0.729. The van der Waals surface area contributed by atoms with Gasteiger partial charge in [-0.1, -0.05) is 13.3 Å². The van der Waals surface area contributed by atoms with E-state index in [4.69, 9.17) is 5.11 Å². The van der Waals surface area contributed by atoms with Gasteiger partial charge in [-0.3, -0.25) is 0 Å². The van der Waals surface area contributed by atoms with Gasteiger partial charge >= 0.3 is 6.03 Å². The highest BCUT2D eigenvalue weighted by Gasteiger charge is 2.36. The van der Waals surface area contributed by atoms with E-state index in [9.17, 15) is 4.79 Å². The molecule has 2 fully saturated rings. The number of amides is 2. The minimum atomic E-state index is -0.0922. The molecular formula is C15H29N3O2. The number of nitrogens with zero attached hydrogens (tertiary/aromatic N) is 1. The Bertz CT molecular complexity index is 323. The number of carbonyl (C=O) groups is 1. The standard InChI is InChI=1S/C15H29N3O2/c1-10(9-19)11(2)16-15(20)17-12-7-13-5-4-6-14(8-12)18(13)3/h10-14,19H,4-9H2,1-3H3,(H2,16,17,20). The monoisotopic (exact) mass is 283 g/mol. The molecule has 2 rings (SSSR count). The highest BCUT2D eigenvalue weighted by atomic mass is 16.3. The second-order valence-electron chi connectivity index (χ2n) is 6.64. The van der Waals surface area contributed by atoms with Gasteiger partial charge in [0.2, 0.25) is 0 Å². The lowest BCUT2D eigenvalue weighted by Gasteiger charge is -2.47. The molecule has 2 bridgehead atoms. The maximum atomic E-state index is 12.0. The first kappa shape index (κ1) is 15.6. The molecule has 2 saturated heterocycles. The van der Waals surface area contributed by atoms with E-state index in [0.717, 1.165) is 12.8 Å². The minimum absolute atomic E-state index is 0.00855.